The third-order valence-corrected chi connectivity index (χ3v) is 3.50. The van der Waals surface area contributed by atoms with E-state index >= 15 is 0 Å². The van der Waals surface area contributed by atoms with Crippen LogP contribution in [0, 0.1) is 0 Å². The number of aliphatic hydroxyl groups is 1. The summed E-state index contributed by atoms with van der Waals surface area (Å²) in [5.74, 6) is 0.246. The number of halogens is 1. The number of carbonyl (C=O) groups is 1. The number of benzene rings is 1. The molecule has 0 unspecified atom stereocenters. The van der Waals surface area contributed by atoms with Crippen LogP contribution >= 0.6 is 12.4 Å². The van der Waals surface area contributed by atoms with Gasteiger partial charge < -0.3 is 15.2 Å². The molecule has 6 heteroatoms. The monoisotopic (exact) mass is 314 g/mol. The normalized spacial score (nSPS) is 16.9. The van der Waals surface area contributed by atoms with Crippen LogP contribution in [0.5, 0.6) is 5.75 Å². The zero-order valence-electron chi connectivity index (χ0n) is 12.2. The van der Waals surface area contributed by atoms with Crippen LogP contribution in [-0.4, -0.2) is 48.8 Å². The van der Waals surface area contributed by atoms with Crippen LogP contribution in [0.1, 0.15) is 24.9 Å². The van der Waals surface area contributed by atoms with Gasteiger partial charge in [-0.3, -0.25) is 9.69 Å². The van der Waals surface area contributed by atoms with Crippen molar-refractivity contribution < 1.29 is 14.6 Å². The number of nitrogens with one attached hydrogen (secondary N) is 1. The molecule has 1 fully saturated rings. The predicted octanol–water partition coefficient (Wildman–Crippen LogP) is 1.36. The molecule has 1 heterocycles. The standard InChI is InChI=1S/C15H22N2O3.ClH/c1-12(19)20-14-4-2-3-13(11-14)15(5-10-18)17-8-6-16-7-9-17;/h2-4,11,15-16,18H,5-10H2,1H3;1H/t15-;/m1./s1. The zero-order chi connectivity index (χ0) is 14.4. The molecule has 0 aliphatic carbocycles. The smallest absolute Gasteiger partial charge is 0.308 e. The Morgan fingerprint density at radius 2 is 2.14 bits per heavy atom. The minimum atomic E-state index is -0.317. The van der Waals surface area contributed by atoms with Crippen LogP contribution in [-0.2, 0) is 4.79 Å². The van der Waals surface area contributed by atoms with Gasteiger partial charge in [0.2, 0.25) is 0 Å². The van der Waals surface area contributed by atoms with Crippen LogP contribution in [0.15, 0.2) is 24.3 Å². The molecule has 1 aromatic carbocycles. The van der Waals surface area contributed by atoms with Gasteiger partial charge in [0, 0.05) is 45.8 Å². The van der Waals surface area contributed by atoms with E-state index in [0.717, 1.165) is 31.7 Å². The summed E-state index contributed by atoms with van der Waals surface area (Å²) in [6.07, 6.45) is 0.684. The summed E-state index contributed by atoms with van der Waals surface area (Å²) < 4.78 is 5.14. The van der Waals surface area contributed by atoms with Crippen molar-refractivity contribution in [2.24, 2.45) is 0 Å². The van der Waals surface area contributed by atoms with Crippen LogP contribution in [0.3, 0.4) is 0 Å². The van der Waals surface area contributed by atoms with Gasteiger partial charge >= 0.3 is 5.97 Å². The highest BCUT2D eigenvalue weighted by Gasteiger charge is 2.22. The molecule has 1 aliphatic heterocycles. The lowest BCUT2D eigenvalue weighted by Gasteiger charge is -2.35. The molecule has 0 bridgehead atoms. The number of aliphatic hydroxyl groups excluding tert-OH is 1. The molecule has 2 N–H and O–H groups in total. The fourth-order valence-corrected chi connectivity index (χ4v) is 2.63. The Kier molecular flexibility index (Phi) is 7.67. The first-order chi connectivity index (χ1) is 9.70. The third-order valence-electron chi connectivity index (χ3n) is 3.50. The average Bonchev–Trinajstić information content (AvgIpc) is 2.45. The lowest BCUT2D eigenvalue weighted by Crippen LogP contribution is -2.45. The zero-order valence-corrected chi connectivity index (χ0v) is 13.1. The van der Waals surface area contributed by atoms with Gasteiger partial charge in [0.05, 0.1) is 0 Å². The summed E-state index contributed by atoms with van der Waals surface area (Å²) >= 11 is 0. The van der Waals surface area contributed by atoms with E-state index in [1.54, 1.807) is 6.07 Å². The van der Waals surface area contributed by atoms with Crippen LogP contribution in [0.25, 0.3) is 0 Å². The van der Waals surface area contributed by atoms with Crippen molar-refractivity contribution in [1.82, 2.24) is 10.2 Å². The molecule has 118 valence electrons. The van der Waals surface area contributed by atoms with E-state index in [4.69, 9.17) is 4.74 Å². The highest BCUT2D eigenvalue weighted by molar-refractivity contribution is 5.85. The van der Waals surface area contributed by atoms with E-state index < -0.39 is 0 Å². The molecule has 2 rings (SSSR count). The Morgan fingerprint density at radius 1 is 1.43 bits per heavy atom. The number of hydrogen-bond donors (Lipinski definition) is 2. The van der Waals surface area contributed by atoms with E-state index in [1.165, 1.54) is 6.92 Å². The lowest BCUT2D eigenvalue weighted by atomic mass is 10.0. The number of esters is 1. The van der Waals surface area contributed by atoms with Gasteiger partial charge in [-0.05, 0) is 24.1 Å². The van der Waals surface area contributed by atoms with Gasteiger partial charge in [-0.1, -0.05) is 12.1 Å². The third kappa shape index (κ3) is 5.28. The second-order valence-electron chi connectivity index (χ2n) is 4.98. The lowest BCUT2D eigenvalue weighted by molar-refractivity contribution is -0.131. The van der Waals surface area contributed by atoms with E-state index in [-0.39, 0.29) is 31.0 Å². The number of hydrogen-bond acceptors (Lipinski definition) is 5. The van der Waals surface area contributed by atoms with Crippen molar-refractivity contribution in [2.75, 3.05) is 32.8 Å². The largest absolute Gasteiger partial charge is 0.427 e. The predicted molar refractivity (Wildman–Crippen MR) is 83.9 cm³/mol. The van der Waals surface area contributed by atoms with Gasteiger partial charge in [-0.15, -0.1) is 12.4 Å². The summed E-state index contributed by atoms with van der Waals surface area (Å²) in [4.78, 5) is 13.4. The summed E-state index contributed by atoms with van der Waals surface area (Å²) in [7, 11) is 0. The first kappa shape index (κ1) is 17.9. The SMILES string of the molecule is CC(=O)Oc1cccc([C@@H](CCO)N2CCNCC2)c1.Cl. The second-order valence-corrected chi connectivity index (χ2v) is 4.98. The molecule has 0 aromatic heterocycles. The second kappa shape index (κ2) is 9.00. The number of piperazine rings is 1. The summed E-state index contributed by atoms with van der Waals surface area (Å²) in [5, 5.41) is 12.6. The molecule has 1 atom stereocenters. The molecule has 1 aliphatic rings. The van der Waals surface area contributed by atoms with Gasteiger partial charge in [0.1, 0.15) is 5.75 Å². The molecule has 0 amide bonds. The molecule has 1 saturated heterocycles. The topological polar surface area (TPSA) is 61.8 Å². The van der Waals surface area contributed by atoms with Crippen molar-refractivity contribution in [2.45, 2.75) is 19.4 Å². The Morgan fingerprint density at radius 3 is 2.76 bits per heavy atom. The Hall–Kier alpha value is -1.14. The maximum absolute atomic E-state index is 11.0. The Labute approximate surface area is 131 Å². The van der Waals surface area contributed by atoms with Crippen molar-refractivity contribution >= 4 is 18.4 Å². The number of nitrogens with zero attached hydrogens (tertiary/aromatic N) is 1. The number of ether oxygens (including phenoxy) is 1. The first-order valence-corrected chi connectivity index (χ1v) is 7.04. The number of rotatable bonds is 5. The van der Waals surface area contributed by atoms with Crippen molar-refractivity contribution in [3.63, 3.8) is 0 Å². The van der Waals surface area contributed by atoms with Crippen molar-refractivity contribution in [3.8, 4) is 5.75 Å². The van der Waals surface area contributed by atoms with Crippen LogP contribution < -0.4 is 10.1 Å². The molecule has 21 heavy (non-hydrogen) atoms. The minimum Gasteiger partial charge on any atom is -0.427 e. The van der Waals surface area contributed by atoms with Gasteiger partial charge in [-0.2, -0.15) is 0 Å². The van der Waals surface area contributed by atoms with E-state index in [9.17, 15) is 9.90 Å². The Bertz CT molecular complexity index is 450. The molecule has 1 aromatic rings. The van der Waals surface area contributed by atoms with Gasteiger partial charge in [0.25, 0.3) is 0 Å². The quantitative estimate of drug-likeness (QED) is 0.635. The summed E-state index contributed by atoms with van der Waals surface area (Å²) in [6, 6.07) is 7.75. The highest BCUT2D eigenvalue weighted by Crippen LogP contribution is 2.27. The maximum atomic E-state index is 11.0. The van der Waals surface area contributed by atoms with Gasteiger partial charge in [-0.25, -0.2) is 0 Å². The summed E-state index contributed by atoms with van der Waals surface area (Å²) in [6.45, 7) is 5.39. The molecule has 5 nitrogen and oxygen atoms in total. The molecular weight excluding hydrogens is 292 g/mol. The van der Waals surface area contributed by atoms with E-state index in [2.05, 4.69) is 10.2 Å². The number of carbonyl (C=O) groups excluding carboxylic acids is 1. The summed E-state index contributed by atoms with van der Waals surface area (Å²) in [5.41, 5.74) is 1.08. The molecule has 0 spiro atoms. The van der Waals surface area contributed by atoms with Crippen molar-refractivity contribution in [1.29, 1.82) is 0 Å². The van der Waals surface area contributed by atoms with Crippen LogP contribution in [0.4, 0.5) is 0 Å². The minimum absolute atomic E-state index is 0. The van der Waals surface area contributed by atoms with Crippen molar-refractivity contribution in [3.05, 3.63) is 29.8 Å². The highest BCUT2D eigenvalue weighted by atomic mass is 35.5. The van der Waals surface area contributed by atoms with E-state index in [0.29, 0.717) is 12.2 Å². The molecular formula is C15H23ClN2O3. The van der Waals surface area contributed by atoms with Gasteiger partial charge in [0.15, 0.2) is 0 Å². The maximum Gasteiger partial charge on any atom is 0.308 e. The fourth-order valence-electron chi connectivity index (χ4n) is 2.63. The fraction of sp³-hybridized carbons (Fsp3) is 0.533. The molecule has 0 saturated carbocycles. The molecule has 0 radical (unpaired) electrons. The average molecular weight is 315 g/mol. The first-order valence-electron chi connectivity index (χ1n) is 7.04. The van der Waals surface area contributed by atoms with Crippen LogP contribution in [0.2, 0.25) is 0 Å². The Balaban J connectivity index is 0.00000220. The van der Waals surface area contributed by atoms with E-state index in [1.807, 2.05) is 18.2 Å².